The van der Waals surface area contributed by atoms with Gasteiger partial charge in [0, 0.05) is 23.4 Å². The van der Waals surface area contributed by atoms with Gasteiger partial charge in [-0.3, -0.25) is 4.79 Å². The summed E-state index contributed by atoms with van der Waals surface area (Å²) in [5.41, 5.74) is 2.61. The molecular formula is C19H19NO4. The molecule has 1 aliphatic heterocycles. The largest absolute Gasteiger partial charge is 0.496 e. The third kappa shape index (κ3) is 3.68. The molecule has 5 nitrogen and oxygen atoms in total. The lowest BCUT2D eigenvalue weighted by Crippen LogP contribution is -2.16. The Kier molecular flexibility index (Phi) is 4.70. The number of aryl methyl sites for hydroxylation is 1. The monoisotopic (exact) mass is 325 g/mol. The molecule has 0 bridgehead atoms. The number of hydrogen-bond acceptors (Lipinski definition) is 4. The maximum absolute atomic E-state index is 12.1. The molecule has 0 spiro atoms. The average Bonchev–Trinajstić information content (AvgIpc) is 2.60. The van der Waals surface area contributed by atoms with E-state index in [4.69, 9.17) is 14.2 Å². The molecule has 0 atom stereocenters. The Hall–Kier alpha value is -2.95. The fraction of sp³-hybridized carbons (Fsp3) is 0.211. The van der Waals surface area contributed by atoms with Crippen molar-refractivity contribution in [1.29, 1.82) is 0 Å². The SMILES string of the molecule is COc1ccc(C)cc1/C=C/C(=O)Nc1ccc2c(c1)OCCO2. The van der Waals surface area contributed by atoms with Gasteiger partial charge in [-0.1, -0.05) is 11.6 Å². The zero-order chi connectivity index (χ0) is 16.9. The van der Waals surface area contributed by atoms with Crippen molar-refractivity contribution >= 4 is 17.7 Å². The molecule has 2 aromatic carbocycles. The molecule has 124 valence electrons. The smallest absolute Gasteiger partial charge is 0.248 e. The molecule has 0 aromatic heterocycles. The van der Waals surface area contributed by atoms with E-state index in [0.717, 1.165) is 16.9 Å². The van der Waals surface area contributed by atoms with Crippen molar-refractivity contribution in [1.82, 2.24) is 0 Å². The first-order chi connectivity index (χ1) is 11.7. The van der Waals surface area contributed by atoms with E-state index in [9.17, 15) is 4.79 Å². The van der Waals surface area contributed by atoms with Crippen LogP contribution in [-0.2, 0) is 4.79 Å². The molecular weight excluding hydrogens is 306 g/mol. The summed E-state index contributed by atoms with van der Waals surface area (Å²) in [6.07, 6.45) is 3.22. The van der Waals surface area contributed by atoms with Crippen LogP contribution in [0.4, 0.5) is 5.69 Å². The van der Waals surface area contributed by atoms with Crippen LogP contribution in [-0.4, -0.2) is 26.2 Å². The van der Waals surface area contributed by atoms with Crippen LogP contribution in [0, 0.1) is 6.92 Å². The molecule has 1 N–H and O–H groups in total. The molecule has 1 aliphatic rings. The number of benzene rings is 2. The highest BCUT2D eigenvalue weighted by Gasteiger charge is 2.12. The zero-order valence-electron chi connectivity index (χ0n) is 13.7. The molecule has 1 amide bonds. The lowest BCUT2D eigenvalue weighted by molar-refractivity contribution is -0.111. The van der Waals surface area contributed by atoms with Gasteiger partial charge < -0.3 is 19.5 Å². The lowest BCUT2D eigenvalue weighted by atomic mass is 10.1. The van der Waals surface area contributed by atoms with Gasteiger partial charge in [-0.25, -0.2) is 0 Å². The van der Waals surface area contributed by atoms with E-state index in [1.54, 1.807) is 31.4 Å². The first-order valence-electron chi connectivity index (χ1n) is 7.69. The van der Waals surface area contributed by atoms with Gasteiger partial charge in [-0.15, -0.1) is 0 Å². The third-order valence-corrected chi connectivity index (χ3v) is 3.61. The van der Waals surface area contributed by atoms with E-state index < -0.39 is 0 Å². The lowest BCUT2D eigenvalue weighted by Gasteiger charge is -2.18. The zero-order valence-corrected chi connectivity index (χ0v) is 13.7. The van der Waals surface area contributed by atoms with Crippen molar-refractivity contribution in [2.24, 2.45) is 0 Å². The van der Waals surface area contributed by atoms with Gasteiger partial charge in [0.1, 0.15) is 19.0 Å². The summed E-state index contributed by atoms with van der Waals surface area (Å²) >= 11 is 0. The van der Waals surface area contributed by atoms with Gasteiger partial charge in [-0.05, 0) is 37.3 Å². The van der Waals surface area contributed by atoms with Crippen LogP contribution in [0.1, 0.15) is 11.1 Å². The van der Waals surface area contributed by atoms with E-state index in [2.05, 4.69) is 5.32 Å². The maximum atomic E-state index is 12.1. The van der Waals surface area contributed by atoms with Gasteiger partial charge in [0.25, 0.3) is 0 Å². The van der Waals surface area contributed by atoms with Crippen LogP contribution in [0.2, 0.25) is 0 Å². The van der Waals surface area contributed by atoms with Crippen LogP contribution in [0.5, 0.6) is 17.2 Å². The second-order valence-electron chi connectivity index (χ2n) is 5.43. The quantitative estimate of drug-likeness (QED) is 0.875. The average molecular weight is 325 g/mol. The van der Waals surface area contributed by atoms with E-state index in [0.29, 0.717) is 30.4 Å². The van der Waals surface area contributed by atoms with Gasteiger partial charge in [-0.2, -0.15) is 0 Å². The van der Waals surface area contributed by atoms with E-state index in [1.807, 2.05) is 25.1 Å². The first kappa shape index (κ1) is 15.9. The first-order valence-corrected chi connectivity index (χ1v) is 7.69. The van der Waals surface area contributed by atoms with Crippen LogP contribution >= 0.6 is 0 Å². The molecule has 0 saturated carbocycles. The van der Waals surface area contributed by atoms with Gasteiger partial charge in [0.05, 0.1) is 7.11 Å². The van der Waals surface area contributed by atoms with Gasteiger partial charge in [0.15, 0.2) is 11.5 Å². The summed E-state index contributed by atoms with van der Waals surface area (Å²) < 4.78 is 16.3. The van der Waals surface area contributed by atoms with Crippen molar-refractivity contribution in [3.05, 3.63) is 53.6 Å². The number of amides is 1. The molecule has 0 aliphatic carbocycles. The Morgan fingerprint density at radius 2 is 1.92 bits per heavy atom. The Labute approximate surface area is 140 Å². The second kappa shape index (κ2) is 7.08. The maximum Gasteiger partial charge on any atom is 0.248 e. The topological polar surface area (TPSA) is 56.8 Å². The van der Waals surface area contributed by atoms with Gasteiger partial charge in [0.2, 0.25) is 5.91 Å². The van der Waals surface area contributed by atoms with Crippen molar-refractivity contribution < 1.29 is 19.0 Å². The summed E-state index contributed by atoms with van der Waals surface area (Å²) in [6, 6.07) is 11.1. The molecule has 1 heterocycles. The summed E-state index contributed by atoms with van der Waals surface area (Å²) in [5.74, 6) is 1.84. The Balaban J connectivity index is 1.70. The summed E-state index contributed by atoms with van der Waals surface area (Å²) in [6.45, 7) is 3.04. The Bertz CT molecular complexity index is 783. The van der Waals surface area contributed by atoms with E-state index in [1.165, 1.54) is 6.08 Å². The minimum absolute atomic E-state index is 0.227. The standard InChI is InChI=1S/C19H19NO4/c1-13-3-6-16(22-2)14(11-13)4-8-19(21)20-15-5-7-17-18(12-15)24-10-9-23-17/h3-8,11-12H,9-10H2,1-2H3,(H,20,21)/b8-4+. The minimum atomic E-state index is -0.227. The number of fused-ring (bicyclic) bond motifs is 1. The predicted molar refractivity (Wildman–Crippen MR) is 92.8 cm³/mol. The second-order valence-corrected chi connectivity index (χ2v) is 5.43. The summed E-state index contributed by atoms with van der Waals surface area (Å²) in [5, 5.41) is 2.81. The fourth-order valence-corrected chi connectivity index (χ4v) is 2.45. The number of nitrogens with one attached hydrogen (secondary N) is 1. The highest BCUT2D eigenvalue weighted by molar-refractivity contribution is 6.02. The minimum Gasteiger partial charge on any atom is -0.496 e. The number of carbonyl (C=O) groups excluding carboxylic acids is 1. The van der Waals surface area contributed by atoms with Gasteiger partial charge >= 0.3 is 0 Å². The summed E-state index contributed by atoms with van der Waals surface area (Å²) in [4.78, 5) is 12.1. The highest BCUT2D eigenvalue weighted by atomic mass is 16.6. The normalized spacial score (nSPS) is 12.9. The third-order valence-electron chi connectivity index (χ3n) is 3.61. The Morgan fingerprint density at radius 3 is 2.71 bits per heavy atom. The number of anilines is 1. The van der Waals surface area contributed by atoms with Crippen LogP contribution in [0.25, 0.3) is 6.08 Å². The predicted octanol–water partition coefficient (Wildman–Crippen LogP) is 3.43. The molecule has 24 heavy (non-hydrogen) atoms. The highest BCUT2D eigenvalue weighted by Crippen LogP contribution is 2.32. The van der Waals surface area contributed by atoms with Crippen LogP contribution in [0.15, 0.2) is 42.5 Å². The molecule has 5 heteroatoms. The van der Waals surface area contributed by atoms with Crippen molar-refractivity contribution in [3.8, 4) is 17.2 Å². The van der Waals surface area contributed by atoms with Crippen molar-refractivity contribution in [2.75, 3.05) is 25.6 Å². The molecule has 0 saturated heterocycles. The number of ether oxygens (including phenoxy) is 3. The van der Waals surface area contributed by atoms with Crippen molar-refractivity contribution in [2.45, 2.75) is 6.92 Å². The molecule has 0 fully saturated rings. The molecule has 0 radical (unpaired) electrons. The molecule has 3 rings (SSSR count). The molecule has 0 unspecified atom stereocenters. The van der Waals surface area contributed by atoms with E-state index in [-0.39, 0.29) is 5.91 Å². The fourth-order valence-electron chi connectivity index (χ4n) is 2.45. The number of hydrogen-bond donors (Lipinski definition) is 1. The molecule has 2 aromatic rings. The summed E-state index contributed by atoms with van der Waals surface area (Å²) in [7, 11) is 1.61. The van der Waals surface area contributed by atoms with E-state index >= 15 is 0 Å². The number of carbonyl (C=O) groups is 1. The Morgan fingerprint density at radius 1 is 1.12 bits per heavy atom. The number of rotatable bonds is 4. The van der Waals surface area contributed by atoms with Crippen molar-refractivity contribution in [3.63, 3.8) is 0 Å². The number of methoxy groups -OCH3 is 1. The van der Waals surface area contributed by atoms with Crippen LogP contribution in [0.3, 0.4) is 0 Å². The van der Waals surface area contributed by atoms with Crippen LogP contribution < -0.4 is 19.5 Å².